The number of nitrogens with zero attached hydrogens (tertiary/aromatic N) is 2. The summed E-state index contributed by atoms with van der Waals surface area (Å²) in [6.07, 6.45) is 2.10. The summed E-state index contributed by atoms with van der Waals surface area (Å²) in [7, 11) is 0. The van der Waals surface area contributed by atoms with E-state index in [1.807, 2.05) is 50.2 Å². The number of primary amides is 1. The standard InChI is InChI=1S/C27H28FN3O3/c1-18-17-22(12-15-30-18)21-5-3-20(4-6-21)19(2)31-16-14-27(34-26(31)33,13-11-25(29)32)23-7-9-24(28)10-8-23/h3-10,12,15,17,19H,11,13-14,16H2,1-2H3,(H2,29,32)/t19-,27-/m0/s1. The van der Waals surface area contributed by atoms with E-state index in [0.29, 0.717) is 18.5 Å². The molecule has 34 heavy (non-hydrogen) atoms. The highest BCUT2D eigenvalue weighted by Gasteiger charge is 2.43. The maximum Gasteiger partial charge on any atom is 0.411 e. The van der Waals surface area contributed by atoms with Crippen LogP contribution in [0.15, 0.2) is 66.9 Å². The van der Waals surface area contributed by atoms with Crippen LogP contribution in [0.1, 0.15) is 49.0 Å². The normalized spacial score (nSPS) is 18.9. The average molecular weight is 462 g/mol. The number of pyridine rings is 1. The van der Waals surface area contributed by atoms with E-state index in [1.54, 1.807) is 23.2 Å². The molecule has 0 unspecified atom stereocenters. The summed E-state index contributed by atoms with van der Waals surface area (Å²) in [6.45, 7) is 4.35. The van der Waals surface area contributed by atoms with Gasteiger partial charge in [-0.25, -0.2) is 9.18 Å². The second kappa shape index (κ2) is 9.63. The van der Waals surface area contributed by atoms with Crippen molar-refractivity contribution in [3.8, 4) is 11.1 Å². The number of carbonyl (C=O) groups excluding carboxylic acids is 2. The number of benzene rings is 2. The lowest BCUT2D eigenvalue weighted by Gasteiger charge is -2.43. The van der Waals surface area contributed by atoms with Crippen molar-refractivity contribution in [1.29, 1.82) is 0 Å². The third-order valence-corrected chi connectivity index (χ3v) is 6.51. The lowest BCUT2D eigenvalue weighted by molar-refractivity contribution is -0.121. The van der Waals surface area contributed by atoms with Gasteiger partial charge in [-0.15, -0.1) is 0 Å². The Balaban J connectivity index is 1.52. The first kappa shape index (κ1) is 23.4. The molecule has 1 aliphatic rings. The smallest absolute Gasteiger partial charge is 0.411 e. The first-order valence-corrected chi connectivity index (χ1v) is 11.3. The predicted molar refractivity (Wildman–Crippen MR) is 127 cm³/mol. The molecule has 0 aliphatic carbocycles. The molecule has 7 heteroatoms. The van der Waals surface area contributed by atoms with Crippen molar-refractivity contribution in [2.45, 2.75) is 44.8 Å². The minimum atomic E-state index is -1.01. The molecule has 6 nitrogen and oxygen atoms in total. The largest absolute Gasteiger partial charge is 0.438 e. The Morgan fingerprint density at radius 2 is 1.85 bits per heavy atom. The zero-order valence-electron chi connectivity index (χ0n) is 19.3. The van der Waals surface area contributed by atoms with Crippen molar-refractivity contribution in [3.63, 3.8) is 0 Å². The number of nitrogens with two attached hydrogens (primary N) is 1. The van der Waals surface area contributed by atoms with E-state index in [4.69, 9.17) is 10.5 Å². The molecule has 2 atom stereocenters. The van der Waals surface area contributed by atoms with Crippen LogP contribution in [-0.4, -0.2) is 28.4 Å². The maximum absolute atomic E-state index is 13.5. The number of carbonyl (C=O) groups is 2. The van der Waals surface area contributed by atoms with Crippen LogP contribution in [0.3, 0.4) is 0 Å². The van der Waals surface area contributed by atoms with Crippen molar-refractivity contribution in [1.82, 2.24) is 9.88 Å². The maximum atomic E-state index is 13.5. The van der Waals surface area contributed by atoms with Gasteiger partial charge in [-0.05, 0) is 60.4 Å². The lowest BCUT2D eigenvalue weighted by Crippen LogP contribution is -2.49. The summed E-state index contributed by atoms with van der Waals surface area (Å²) in [4.78, 5) is 30.5. The van der Waals surface area contributed by atoms with Gasteiger partial charge in [0, 0.05) is 37.7 Å². The van der Waals surface area contributed by atoms with Gasteiger partial charge in [0.15, 0.2) is 0 Å². The van der Waals surface area contributed by atoms with Gasteiger partial charge in [0.25, 0.3) is 0 Å². The van der Waals surface area contributed by atoms with Crippen LogP contribution in [0.4, 0.5) is 9.18 Å². The summed E-state index contributed by atoms with van der Waals surface area (Å²) in [5.41, 5.74) is 9.11. The second-order valence-electron chi connectivity index (χ2n) is 8.76. The van der Waals surface area contributed by atoms with Crippen LogP contribution in [0.2, 0.25) is 0 Å². The highest BCUT2D eigenvalue weighted by atomic mass is 19.1. The minimum absolute atomic E-state index is 0.0656. The minimum Gasteiger partial charge on any atom is -0.438 e. The molecule has 0 radical (unpaired) electrons. The zero-order chi connectivity index (χ0) is 24.3. The number of amides is 2. The molecule has 1 aliphatic heterocycles. The Bertz CT molecular complexity index is 1180. The molecule has 0 bridgehead atoms. The van der Waals surface area contributed by atoms with Crippen LogP contribution < -0.4 is 5.73 Å². The Hall–Kier alpha value is -3.74. The molecule has 2 N–H and O–H groups in total. The van der Waals surface area contributed by atoms with Crippen LogP contribution in [0.5, 0.6) is 0 Å². The molecule has 3 aromatic rings. The van der Waals surface area contributed by atoms with Crippen molar-refractivity contribution < 1.29 is 18.7 Å². The van der Waals surface area contributed by atoms with Gasteiger partial charge in [0.1, 0.15) is 11.4 Å². The van der Waals surface area contributed by atoms with Crippen molar-refractivity contribution in [2.24, 2.45) is 5.73 Å². The first-order valence-electron chi connectivity index (χ1n) is 11.3. The van der Waals surface area contributed by atoms with Gasteiger partial charge in [0.05, 0.1) is 6.04 Å². The number of halogens is 1. The highest BCUT2D eigenvalue weighted by molar-refractivity contribution is 5.74. The van der Waals surface area contributed by atoms with Crippen LogP contribution in [0, 0.1) is 12.7 Å². The summed E-state index contributed by atoms with van der Waals surface area (Å²) in [5, 5.41) is 0. The van der Waals surface area contributed by atoms with Crippen LogP contribution in [-0.2, 0) is 15.1 Å². The number of rotatable bonds is 7. The highest BCUT2D eigenvalue weighted by Crippen LogP contribution is 2.40. The van der Waals surface area contributed by atoms with Crippen molar-refractivity contribution in [3.05, 3.63) is 89.5 Å². The Morgan fingerprint density at radius 1 is 1.15 bits per heavy atom. The van der Waals surface area contributed by atoms with E-state index in [-0.39, 0.29) is 24.7 Å². The fourth-order valence-corrected chi connectivity index (χ4v) is 4.48. The molecule has 1 saturated heterocycles. The van der Waals surface area contributed by atoms with E-state index in [1.165, 1.54) is 12.1 Å². The summed E-state index contributed by atoms with van der Waals surface area (Å²) >= 11 is 0. The van der Waals surface area contributed by atoms with E-state index in [9.17, 15) is 14.0 Å². The summed E-state index contributed by atoms with van der Waals surface area (Å²) in [5.74, 6) is -0.852. The summed E-state index contributed by atoms with van der Waals surface area (Å²) in [6, 6.07) is 17.7. The fraction of sp³-hybridized carbons (Fsp3) is 0.296. The van der Waals surface area contributed by atoms with Gasteiger partial charge in [-0.1, -0.05) is 36.4 Å². The fourth-order valence-electron chi connectivity index (χ4n) is 4.48. The number of cyclic esters (lactones) is 1. The third kappa shape index (κ3) is 4.93. The van der Waals surface area contributed by atoms with Crippen LogP contribution >= 0.6 is 0 Å². The third-order valence-electron chi connectivity index (χ3n) is 6.51. The SMILES string of the molecule is Cc1cc(-c2ccc([C@H](C)N3CC[C@@](CCC(N)=O)(c4ccc(F)cc4)OC3=O)cc2)ccn1. The Labute approximate surface area is 198 Å². The number of hydrogen-bond acceptors (Lipinski definition) is 4. The molecule has 1 aromatic heterocycles. The second-order valence-corrected chi connectivity index (χ2v) is 8.76. The first-order chi connectivity index (χ1) is 16.3. The molecule has 2 aromatic carbocycles. The molecule has 2 heterocycles. The van der Waals surface area contributed by atoms with E-state index >= 15 is 0 Å². The van der Waals surface area contributed by atoms with Gasteiger partial charge in [0.2, 0.25) is 5.91 Å². The lowest BCUT2D eigenvalue weighted by atomic mass is 9.84. The van der Waals surface area contributed by atoms with Crippen LogP contribution in [0.25, 0.3) is 11.1 Å². The molecule has 2 amide bonds. The number of hydrogen-bond donors (Lipinski definition) is 1. The van der Waals surface area contributed by atoms with Gasteiger partial charge in [-0.2, -0.15) is 0 Å². The van der Waals surface area contributed by atoms with E-state index in [2.05, 4.69) is 4.98 Å². The molecule has 1 fully saturated rings. The molecular formula is C27H28FN3O3. The molecule has 0 saturated carbocycles. The Kier molecular flexibility index (Phi) is 6.63. The average Bonchev–Trinajstić information content (AvgIpc) is 2.83. The van der Waals surface area contributed by atoms with E-state index < -0.39 is 17.6 Å². The number of aromatic nitrogens is 1. The van der Waals surface area contributed by atoms with Gasteiger partial charge in [-0.3, -0.25) is 9.78 Å². The van der Waals surface area contributed by atoms with Gasteiger partial charge < -0.3 is 15.4 Å². The number of ether oxygens (including phenoxy) is 1. The molecule has 4 rings (SSSR count). The zero-order valence-corrected chi connectivity index (χ0v) is 19.3. The number of aryl methyl sites for hydroxylation is 1. The topological polar surface area (TPSA) is 85.5 Å². The molecular weight excluding hydrogens is 433 g/mol. The van der Waals surface area contributed by atoms with Crippen molar-refractivity contribution in [2.75, 3.05) is 6.54 Å². The quantitative estimate of drug-likeness (QED) is 0.520. The molecule has 176 valence electrons. The predicted octanol–water partition coefficient (Wildman–Crippen LogP) is 5.26. The Morgan fingerprint density at radius 3 is 2.47 bits per heavy atom. The molecule has 0 spiro atoms. The monoisotopic (exact) mass is 461 g/mol. The van der Waals surface area contributed by atoms with Gasteiger partial charge >= 0.3 is 6.09 Å². The van der Waals surface area contributed by atoms with Crippen molar-refractivity contribution >= 4 is 12.0 Å². The summed E-state index contributed by atoms with van der Waals surface area (Å²) < 4.78 is 19.4. The van der Waals surface area contributed by atoms with E-state index in [0.717, 1.165) is 22.4 Å².